The molecule has 0 aliphatic rings. The Morgan fingerprint density at radius 1 is 1.10 bits per heavy atom. The molecule has 3 nitrogen and oxygen atoms in total. The van der Waals surface area contributed by atoms with Crippen molar-refractivity contribution in [2.24, 2.45) is 0 Å². The molecule has 4 heteroatoms. The van der Waals surface area contributed by atoms with Crippen molar-refractivity contribution in [3.05, 3.63) is 52.8 Å². The van der Waals surface area contributed by atoms with Gasteiger partial charge in [-0.1, -0.05) is 29.5 Å². The minimum Gasteiger partial charge on any atom is -0.312 e. The van der Waals surface area contributed by atoms with Crippen molar-refractivity contribution in [2.45, 2.75) is 32.0 Å². The van der Waals surface area contributed by atoms with Crippen molar-refractivity contribution in [1.29, 1.82) is 0 Å². The van der Waals surface area contributed by atoms with Gasteiger partial charge in [0.25, 0.3) is 0 Å². The first-order valence-corrected chi connectivity index (χ1v) is 7.75. The fraction of sp³-hybridized carbons (Fsp3) is 0.375. The van der Waals surface area contributed by atoms with Crippen LogP contribution >= 0.6 is 11.8 Å². The first-order chi connectivity index (χ1) is 9.61. The van der Waals surface area contributed by atoms with Crippen LogP contribution in [0.25, 0.3) is 0 Å². The summed E-state index contributed by atoms with van der Waals surface area (Å²) < 4.78 is 0. The van der Waals surface area contributed by atoms with Crippen LogP contribution in [-0.4, -0.2) is 22.8 Å². The van der Waals surface area contributed by atoms with Crippen LogP contribution in [0, 0.1) is 20.8 Å². The van der Waals surface area contributed by atoms with Gasteiger partial charge < -0.3 is 5.32 Å². The smallest absolute Gasteiger partial charge is 0.187 e. The van der Waals surface area contributed by atoms with E-state index in [1.54, 1.807) is 24.2 Å². The third kappa shape index (κ3) is 3.58. The van der Waals surface area contributed by atoms with Crippen LogP contribution in [0.5, 0.6) is 0 Å². The molecule has 20 heavy (non-hydrogen) atoms. The molecular weight excluding hydrogens is 266 g/mol. The summed E-state index contributed by atoms with van der Waals surface area (Å²) in [6.45, 7) is 6.51. The van der Waals surface area contributed by atoms with E-state index < -0.39 is 0 Å². The molecule has 0 radical (unpaired) electrons. The van der Waals surface area contributed by atoms with Crippen molar-refractivity contribution in [2.75, 3.05) is 12.8 Å². The highest BCUT2D eigenvalue weighted by molar-refractivity contribution is 7.99. The molecule has 1 atom stereocenters. The number of hydrogen-bond acceptors (Lipinski definition) is 4. The molecule has 0 amide bonds. The number of thioether (sulfide) groups is 1. The van der Waals surface area contributed by atoms with E-state index in [-0.39, 0.29) is 0 Å². The monoisotopic (exact) mass is 287 g/mol. The summed E-state index contributed by atoms with van der Waals surface area (Å²) in [5, 5.41) is 4.24. The van der Waals surface area contributed by atoms with Gasteiger partial charge in [0.05, 0.1) is 0 Å². The van der Waals surface area contributed by atoms with E-state index in [0.717, 1.165) is 10.9 Å². The lowest BCUT2D eigenvalue weighted by Gasteiger charge is -2.21. The van der Waals surface area contributed by atoms with Crippen molar-refractivity contribution in [3.63, 3.8) is 0 Å². The molecule has 1 aromatic heterocycles. The molecule has 2 aromatic rings. The molecular formula is C16H21N3S. The van der Waals surface area contributed by atoms with Crippen molar-refractivity contribution >= 4 is 11.8 Å². The Labute approximate surface area is 125 Å². The minimum atomic E-state index is 0.310. The van der Waals surface area contributed by atoms with Gasteiger partial charge in [-0.3, -0.25) is 0 Å². The third-order valence-electron chi connectivity index (χ3n) is 3.36. The van der Waals surface area contributed by atoms with Crippen LogP contribution in [0.2, 0.25) is 0 Å². The number of aryl methyl sites for hydroxylation is 3. The van der Waals surface area contributed by atoms with Gasteiger partial charge in [-0.2, -0.15) is 0 Å². The Kier molecular flexibility index (Phi) is 5.15. The first kappa shape index (κ1) is 15.0. The van der Waals surface area contributed by atoms with Crippen LogP contribution in [-0.2, 0) is 0 Å². The summed E-state index contributed by atoms with van der Waals surface area (Å²) >= 11 is 1.68. The quantitative estimate of drug-likeness (QED) is 0.675. The van der Waals surface area contributed by atoms with E-state index >= 15 is 0 Å². The first-order valence-electron chi connectivity index (χ1n) is 6.76. The maximum absolute atomic E-state index is 4.26. The molecule has 0 aliphatic heterocycles. The predicted molar refractivity (Wildman–Crippen MR) is 85.2 cm³/mol. The van der Waals surface area contributed by atoms with E-state index in [1.165, 1.54) is 22.3 Å². The lowest BCUT2D eigenvalue weighted by Crippen LogP contribution is -2.21. The maximum Gasteiger partial charge on any atom is 0.187 e. The van der Waals surface area contributed by atoms with Crippen LogP contribution in [0.1, 0.15) is 28.3 Å². The average molecular weight is 287 g/mol. The molecule has 1 aromatic carbocycles. The summed E-state index contributed by atoms with van der Waals surface area (Å²) in [6.07, 6.45) is 3.57. The molecule has 0 fully saturated rings. The van der Waals surface area contributed by atoms with E-state index in [1.807, 2.05) is 13.1 Å². The van der Waals surface area contributed by atoms with Crippen molar-refractivity contribution in [3.8, 4) is 0 Å². The Hall–Kier alpha value is -1.39. The van der Waals surface area contributed by atoms with Crippen molar-refractivity contribution in [1.82, 2.24) is 15.3 Å². The van der Waals surface area contributed by atoms with Gasteiger partial charge in [0.1, 0.15) is 0 Å². The largest absolute Gasteiger partial charge is 0.312 e. The Bertz CT molecular complexity index is 546. The zero-order valence-corrected chi connectivity index (χ0v) is 13.3. The zero-order chi connectivity index (χ0) is 14.5. The molecule has 0 aliphatic carbocycles. The number of benzene rings is 1. The number of aromatic nitrogens is 2. The number of nitrogens with zero attached hydrogens (tertiary/aromatic N) is 2. The van der Waals surface area contributed by atoms with Gasteiger partial charge >= 0.3 is 0 Å². The number of hydrogen-bond donors (Lipinski definition) is 1. The van der Waals surface area contributed by atoms with E-state index in [0.29, 0.717) is 6.04 Å². The zero-order valence-electron chi connectivity index (χ0n) is 12.5. The van der Waals surface area contributed by atoms with E-state index in [9.17, 15) is 0 Å². The summed E-state index contributed by atoms with van der Waals surface area (Å²) in [5.74, 6) is 0.922. The minimum absolute atomic E-state index is 0.310. The molecule has 1 unspecified atom stereocenters. The predicted octanol–water partition coefficient (Wildman–Crippen LogP) is 3.45. The number of rotatable bonds is 5. The Morgan fingerprint density at radius 2 is 1.70 bits per heavy atom. The molecule has 0 spiro atoms. The second-order valence-electron chi connectivity index (χ2n) is 5.00. The standard InChI is InChI=1S/C16H21N3S/c1-11-8-12(2)15(13(3)9-11)14(17-4)10-20-16-18-6-5-7-19-16/h5-9,14,17H,10H2,1-4H3. The van der Waals surface area contributed by atoms with E-state index in [2.05, 4.69) is 48.2 Å². The normalized spacial score (nSPS) is 12.4. The third-order valence-corrected chi connectivity index (χ3v) is 4.33. The molecule has 1 N–H and O–H groups in total. The van der Waals surface area contributed by atoms with Crippen molar-refractivity contribution < 1.29 is 0 Å². The van der Waals surface area contributed by atoms with Gasteiger partial charge in [0.15, 0.2) is 5.16 Å². The fourth-order valence-corrected chi connectivity index (χ4v) is 3.49. The second kappa shape index (κ2) is 6.86. The highest BCUT2D eigenvalue weighted by Crippen LogP contribution is 2.27. The Morgan fingerprint density at radius 3 is 2.25 bits per heavy atom. The Balaban J connectivity index is 2.17. The highest BCUT2D eigenvalue weighted by Gasteiger charge is 2.15. The summed E-state index contributed by atoms with van der Waals surface area (Å²) in [4.78, 5) is 8.52. The van der Waals surface area contributed by atoms with Crippen LogP contribution in [0.3, 0.4) is 0 Å². The fourth-order valence-electron chi connectivity index (χ4n) is 2.57. The second-order valence-corrected chi connectivity index (χ2v) is 5.98. The van der Waals surface area contributed by atoms with Gasteiger partial charge in [0, 0.05) is 24.2 Å². The lowest BCUT2D eigenvalue weighted by atomic mass is 9.95. The molecule has 2 rings (SSSR count). The van der Waals surface area contributed by atoms with Crippen LogP contribution in [0.15, 0.2) is 35.7 Å². The molecule has 0 saturated carbocycles. The van der Waals surface area contributed by atoms with Gasteiger partial charge in [-0.25, -0.2) is 9.97 Å². The molecule has 0 saturated heterocycles. The van der Waals surface area contributed by atoms with Crippen LogP contribution in [0.4, 0.5) is 0 Å². The lowest BCUT2D eigenvalue weighted by molar-refractivity contribution is 0.652. The molecule has 0 bridgehead atoms. The highest BCUT2D eigenvalue weighted by atomic mass is 32.2. The van der Waals surface area contributed by atoms with Gasteiger partial charge in [-0.05, 0) is 50.6 Å². The number of nitrogens with one attached hydrogen (secondary N) is 1. The van der Waals surface area contributed by atoms with Gasteiger partial charge in [-0.15, -0.1) is 0 Å². The topological polar surface area (TPSA) is 37.8 Å². The average Bonchev–Trinajstić information content (AvgIpc) is 2.42. The van der Waals surface area contributed by atoms with Gasteiger partial charge in [0.2, 0.25) is 0 Å². The summed E-state index contributed by atoms with van der Waals surface area (Å²) in [6, 6.07) is 6.64. The maximum atomic E-state index is 4.26. The summed E-state index contributed by atoms with van der Waals surface area (Å²) in [7, 11) is 2.01. The SMILES string of the molecule is CNC(CSc1ncccn1)c1c(C)cc(C)cc1C. The summed E-state index contributed by atoms with van der Waals surface area (Å²) in [5.41, 5.74) is 5.40. The molecule has 1 heterocycles. The van der Waals surface area contributed by atoms with E-state index in [4.69, 9.17) is 0 Å². The molecule has 106 valence electrons. The van der Waals surface area contributed by atoms with Crippen LogP contribution < -0.4 is 5.32 Å².